The lowest BCUT2D eigenvalue weighted by atomic mass is 10.3. The molecule has 1 N–H and O–H groups in total. The van der Waals surface area contributed by atoms with E-state index >= 15 is 0 Å². The van der Waals surface area contributed by atoms with Crippen molar-refractivity contribution in [3.05, 3.63) is 59.0 Å². The molecule has 108 valence electrons. The fraction of sp³-hybridized carbons (Fsp3) is 0.0833. The molecule has 0 radical (unpaired) electrons. The number of aromatic nitrogens is 2. The van der Waals surface area contributed by atoms with Gasteiger partial charge in [-0.05, 0) is 18.2 Å². The van der Waals surface area contributed by atoms with Crippen molar-refractivity contribution in [3.8, 4) is 0 Å². The van der Waals surface area contributed by atoms with Gasteiger partial charge in [-0.2, -0.15) is 0 Å². The van der Waals surface area contributed by atoms with Gasteiger partial charge in [0.25, 0.3) is 0 Å². The first-order chi connectivity index (χ1) is 10.1. The first-order valence-electron chi connectivity index (χ1n) is 5.89. The second-order valence-corrected chi connectivity index (χ2v) is 3.94. The van der Waals surface area contributed by atoms with E-state index in [1.165, 1.54) is 25.6 Å². The van der Waals surface area contributed by atoms with E-state index in [0.29, 0.717) is 5.69 Å². The van der Waals surface area contributed by atoms with Gasteiger partial charge >= 0.3 is 6.03 Å². The highest BCUT2D eigenvalue weighted by Gasteiger charge is 2.29. The Morgan fingerprint density at radius 3 is 2.57 bits per heavy atom. The molecule has 2 rings (SSSR count). The average molecular weight is 288 g/mol. The van der Waals surface area contributed by atoms with Crippen LogP contribution in [0.3, 0.4) is 0 Å². The maximum Gasteiger partial charge on any atom is 0.408 e. The van der Waals surface area contributed by atoms with Gasteiger partial charge in [-0.25, -0.2) is 30.3 Å². The van der Waals surface area contributed by atoms with Crippen molar-refractivity contribution in [2.24, 2.45) is 0 Å². The Morgan fingerprint density at radius 1 is 1.29 bits per heavy atom. The molecule has 9 nitrogen and oxygen atoms in total. The lowest BCUT2D eigenvalue weighted by Crippen LogP contribution is -2.48. The Kier molecular flexibility index (Phi) is 4.24. The van der Waals surface area contributed by atoms with Crippen molar-refractivity contribution >= 4 is 17.5 Å². The number of amides is 2. The number of nitro groups is 1. The third kappa shape index (κ3) is 3.41. The van der Waals surface area contributed by atoms with Crippen LogP contribution in [-0.2, 0) is 0 Å². The summed E-state index contributed by atoms with van der Waals surface area (Å²) in [5, 5.41) is 10.5. The van der Waals surface area contributed by atoms with Crippen LogP contribution in [0.25, 0.3) is 0 Å². The number of carbonyl (C=O) groups is 1. The maximum absolute atomic E-state index is 12.2. The van der Waals surface area contributed by atoms with Gasteiger partial charge in [0, 0.05) is 13.2 Å². The molecule has 1 aromatic carbocycles. The van der Waals surface area contributed by atoms with E-state index in [0.717, 1.165) is 4.90 Å². The van der Waals surface area contributed by atoms with E-state index in [-0.39, 0.29) is 10.9 Å². The molecule has 0 spiro atoms. The zero-order valence-electron chi connectivity index (χ0n) is 11.1. The molecule has 0 saturated heterocycles. The number of nitrogens with zero attached hydrogens (tertiary/aromatic N) is 5. The van der Waals surface area contributed by atoms with Crippen LogP contribution in [0.15, 0.2) is 48.9 Å². The molecule has 0 atom stereocenters. The van der Waals surface area contributed by atoms with E-state index in [4.69, 9.17) is 0 Å². The molecule has 0 aliphatic heterocycles. The van der Waals surface area contributed by atoms with Gasteiger partial charge < -0.3 is 0 Å². The van der Waals surface area contributed by atoms with E-state index in [2.05, 4.69) is 15.4 Å². The van der Waals surface area contributed by atoms with Crippen LogP contribution >= 0.6 is 0 Å². The molecule has 2 amide bonds. The van der Waals surface area contributed by atoms with E-state index < -0.39 is 11.1 Å². The average Bonchev–Trinajstić information content (AvgIpc) is 2.53. The predicted molar refractivity (Wildman–Crippen MR) is 74.7 cm³/mol. The van der Waals surface area contributed by atoms with E-state index in [1.54, 1.807) is 30.3 Å². The van der Waals surface area contributed by atoms with Crippen LogP contribution in [0.2, 0.25) is 0 Å². The zero-order chi connectivity index (χ0) is 15.2. The van der Waals surface area contributed by atoms with Gasteiger partial charge in [0.2, 0.25) is 0 Å². The monoisotopic (exact) mass is 288 g/mol. The Bertz CT molecular complexity index is 621. The van der Waals surface area contributed by atoms with Crippen molar-refractivity contribution in [1.82, 2.24) is 15.1 Å². The molecule has 0 bridgehead atoms. The van der Waals surface area contributed by atoms with Crippen molar-refractivity contribution in [3.63, 3.8) is 0 Å². The first-order valence-corrected chi connectivity index (χ1v) is 5.89. The molecule has 0 unspecified atom stereocenters. The molecule has 0 aliphatic carbocycles. The van der Waals surface area contributed by atoms with Crippen molar-refractivity contribution in [1.29, 1.82) is 0 Å². The minimum atomic E-state index is -0.887. The number of hydrogen-bond acceptors (Lipinski definition) is 6. The Morgan fingerprint density at radius 2 is 2.00 bits per heavy atom. The number of urea groups is 1. The van der Waals surface area contributed by atoms with Crippen molar-refractivity contribution < 1.29 is 9.83 Å². The summed E-state index contributed by atoms with van der Waals surface area (Å²) >= 11 is 0. The Hall–Kier alpha value is -3.23. The summed E-state index contributed by atoms with van der Waals surface area (Å²) in [6, 6.07) is 8.94. The number of nitrogens with one attached hydrogen (secondary N) is 1. The summed E-state index contributed by atoms with van der Waals surface area (Å²) in [5.41, 5.74) is 2.84. The molecule has 2 aromatic rings. The predicted octanol–water partition coefficient (Wildman–Crippen LogP) is 1.55. The largest absolute Gasteiger partial charge is 0.408 e. The summed E-state index contributed by atoms with van der Waals surface area (Å²) in [6.45, 7) is 0. The highest BCUT2D eigenvalue weighted by Crippen LogP contribution is 2.12. The molecule has 0 aliphatic rings. The van der Waals surface area contributed by atoms with Gasteiger partial charge in [0.15, 0.2) is 5.03 Å². The lowest BCUT2D eigenvalue weighted by Gasteiger charge is -2.20. The number of hydrogen-bond donors (Lipinski definition) is 1. The SMILES string of the molecule is CN(C(=O)N(Nc1ccccc1)[N+](=O)[O-])c1ccncn1. The number of anilines is 2. The highest BCUT2D eigenvalue weighted by molar-refractivity contribution is 5.90. The second kappa shape index (κ2) is 6.28. The highest BCUT2D eigenvalue weighted by atomic mass is 16.7. The second-order valence-electron chi connectivity index (χ2n) is 3.94. The standard InChI is InChI=1S/C12H12N6O3/c1-16(11-7-8-13-9-14-11)12(19)17(18(20)21)15-10-5-3-2-4-6-10/h2-9,15H,1H3. The minimum Gasteiger partial charge on any atom is -0.275 e. The quantitative estimate of drug-likeness (QED) is 0.676. The topological polar surface area (TPSA) is 104 Å². The maximum atomic E-state index is 12.2. The molecule has 1 aromatic heterocycles. The Labute approximate surface area is 119 Å². The van der Waals surface area contributed by atoms with Crippen molar-refractivity contribution in [2.45, 2.75) is 0 Å². The number of para-hydroxylation sites is 1. The van der Waals surface area contributed by atoms with Crippen LogP contribution in [0.5, 0.6) is 0 Å². The molecule has 9 heteroatoms. The number of benzene rings is 1. The number of hydrazine groups is 2. The van der Waals surface area contributed by atoms with Crippen LogP contribution in [0.4, 0.5) is 16.3 Å². The van der Waals surface area contributed by atoms with E-state index in [9.17, 15) is 14.9 Å². The summed E-state index contributed by atoms with van der Waals surface area (Å²) in [6.07, 6.45) is 2.69. The molecule has 1 heterocycles. The van der Waals surface area contributed by atoms with Gasteiger partial charge in [0.1, 0.15) is 12.1 Å². The smallest absolute Gasteiger partial charge is 0.275 e. The normalized spacial score (nSPS) is 9.76. The third-order valence-electron chi connectivity index (χ3n) is 2.55. The van der Waals surface area contributed by atoms with Crippen LogP contribution < -0.4 is 10.3 Å². The number of carbonyl (C=O) groups excluding carboxylic acids is 1. The molecule has 0 saturated carbocycles. The number of rotatable bonds is 4. The Balaban J connectivity index is 2.18. The molecular weight excluding hydrogens is 276 g/mol. The van der Waals surface area contributed by atoms with Gasteiger partial charge in [-0.1, -0.05) is 18.2 Å². The van der Waals surface area contributed by atoms with Gasteiger partial charge in [-0.15, -0.1) is 0 Å². The van der Waals surface area contributed by atoms with Crippen LogP contribution in [0.1, 0.15) is 0 Å². The lowest BCUT2D eigenvalue weighted by molar-refractivity contribution is -0.625. The fourth-order valence-corrected chi connectivity index (χ4v) is 1.52. The summed E-state index contributed by atoms with van der Waals surface area (Å²) < 4.78 is 0. The minimum absolute atomic E-state index is 0.247. The van der Waals surface area contributed by atoms with E-state index in [1.807, 2.05) is 0 Å². The molecule has 21 heavy (non-hydrogen) atoms. The van der Waals surface area contributed by atoms with Gasteiger partial charge in [0.05, 0.1) is 10.8 Å². The van der Waals surface area contributed by atoms with Gasteiger partial charge in [-0.3, -0.25) is 4.90 Å². The van der Waals surface area contributed by atoms with Crippen LogP contribution in [-0.4, -0.2) is 33.2 Å². The van der Waals surface area contributed by atoms with Crippen molar-refractivity contribution in [2.75, 3.05) is 17.4 Å². The molecule has 0 fully saturated rings. The third-order valence-corrected chi connectivity index (χ3v) is 2.55. The summed E-state index contributed by atoms with van der Waals surface area (Å²) in [4.78, 5) is 31.9. The summed E-state index contributed by atoms with van der Waals surface area (Å²) in [5.74, 6) is 0.247. The fourth-order valence-electron chi connectivity index (χ4n) is 1.52. The molecular formula is C12H12N6O3. The van der Waals surface area contributed by atoms with Crippen LogP contribution in [0, 0.1) is 10.1 Å². The first kappa shape index (κ1) is 14.2. The zero-order valence-corrected chi connectivity index (χ0v) is 11.1. The summed E-state index contributed by atoms with van der Waals surface area (Å²) in [7, 11) is 1.38.